The van der Waals surface area contributed by atoms with Crippen molar-refractivity contribution < 1.29 is 0 Å². The molecule has 0 saturated heterocycles. The Morgan fingerprint density at radius 1 is 1.25 bits per heavy atom. The number of benzene rings is 1. The first kappa shape index (κ1) is 12.9. The highest BCUT2D eigenvalue weighted by Gasteiger charge is 2.08. The highest BCUT2D eigenvalue weighted by atomic mass is 32.1. The molecule has 0 spiro atoms. The molecule has 2 N–H and O–H groups in total. The minimum absolute atomic E-state index is 0.291. The second-order valence-corrected chi connectivity index (χ2v) is 5.69. The molecule has 20 heavy (non-hydrogen) atoms. The monoisotopic (exact) mass is 284 g/mol. The Labute approximate surface area is 121 Å². The third-order valence-electron chi connectivity index (χ3n) is 3.07. The zero-order chi connectivity index (χ0) is 13.9. The van der Waals surface area contributed by atoms with E-state index in [2.05, 4.69) is 57.1 Å². The number of nitrogens with zero attached hydrogens (tertiary/aromatic N) is 2. The predicted octanol–water partition coefficient (Wildman–Crippen LogP) is 4.01. The van der Waals surface area contributed by atoms with E-state index in [1.165, 1.54) is 4.88 Å². The molecule has 0 fully saturated rings. The van der Waals surface area contributed by atoms with Crippen LogP contribution in [-0.4, -0.2) is 15.2 Å². The van der Waals surface area contributed by atoms with Gasteiger partial charge in [0, 0.05) is 16.1 Å². The number of aromatic amines is 1. The topological polar surface area (TPSA) is 53.6 Å². The normalized spacial score (nSPS) is 12.3. The minimum Gasteiger partial charge on any atom is -0.378 e. The average Bonchev–Trinajstić information content (AvgIpc) is 3.10. The van der Waals surface area contributed by atoms with Crippen LogP contribution in [-0.2, 0) is 0 Å². The van der Waals surface area contributed by atoms with Crippen LogP contribution in [0.5, 0.6) is 0 Å². The molecule has 0 aliphatic rings. The molecule has 0 radical (unpaired) electrons. The van der Waals surface area contributed by atoms with E-state index in [4.69, 9.17) is 0 Å². The molecule has 0 bridgehead atoms. The third-order valence-corrected chi connectivity index (χ3v) is 4.13. The summed E-state index contributed by atoms with van der Waals surface area (Å²) in [6.07, 6.45) is 0. The summed E-state index contributed by atoms with van der Waals surface area (Å²) in [5.74, 6) is 1.56. The van der Waals surface area contributed by atoms with Crippen molar-refractivity contribution in [2.24, 2.45) is 0 Å². The maximum absolute atomic E-state index is 4.36. The zero-order valence-corrected chi connectivity index (χ0v) is 12.2. The SMILES string of the molecule is Cc1nc(-c2cccc(NC(C)c3cccs3)c2)n[nH]1. The molecular weight excluding hydrogens is 268 g/mol. The molecule has 4 nitrogen and oxygen atoms in total. The number of thiophene rings is 1. The number of anilines is 1. The van der Waals surface area contributed by atoms with Gasteiger partial charge >= 0.3 is 0 Å². The van der Waals surface area contributed by atoms with Gasteiger partial charge in [-0.2, -0.15) is 5.10 Å². The molecule has 2 heterocycles. The number of H-pyrrole nitrogens is 1. The lowest BCUT2D eigenvalue weighted by Gasteiger charge is -2.14. The molecule has 1 unspecified atom stereocenters. The number of aryl methyl sites for hydroxylation is 1. The summed E-state index contributed by atoms with van der Waals surface area (Å²) in [6.45, 7) is 4.06. The standard InChI is InChI=1S/C15H16N4S/c1-10(14-7-4-8-20-14)16-13-6-3-5-12(9-13)15-17-11(2)18-19-15/h3-10,16H,1-2H3,(H,17,18,19). The van der Waals surface area contributed by atoms with Gasteiger partial charge in [0.05, 0.1) is 6.04 Å². The Morgan fingerprint density at radius 2 is 2.15 bits per heavy atom. The summed E-state index contributed by atoms with van der Waals surface area (Å²) in [4.78, 5) is 5.68. The summed E-state index contributed by atoms with van der Waals surface area (Å²) in [5.41, 5.74) is 2.09. The molecule has 0 aliphatic heterocycles. The molecule has 2 aromatic heterocycles. The van der Waals surface area contributed by atoms with Gasteiger partial charge in [-0.15, -0.1) is 11.3 Å². The summed E-state index contributed by atoms with van der Waals surface area (Å²) < 4.78 is 0. The van der Waals surface area contributed by atoms with Crippen molar-refractivity contribution in [1.82, 2.24) is 15.2 Å². The van der Waals surface area contributed by atoms with Crippen LogP contribution in [0.3, 0.4) is 0 Å². The Hall–Kier alpha value is -2.14. The van der Waals surface area contributed by atoms with E-state index in [0.29, 0.717) is 6.04 Å². The summed E-state index contributed by atoms with van der Waals surface area (Å²) >= 11 is 1.76. The Balaban J connectivity index is 1.81. The van der Waals surface area contributed by atoms with E-state index >= 15 is 0 Å². The Kier molecular flexibility index (Phi) is 3.52. The van der Waals surface area contributed by atoms with Crippen LogP contribution in [0, 0.1) is 6.92 Å². The van der Waals surface area contributed by atoms with E-state index in [9.17, 15) is 0 Å². The number of hydrogen-bond donors (Lipinski definition) is 2. The molecule has 0 aliphatic carbocycles. The molecular formula is C15H16N4S. The van der Waals surface area contributed by atoms with E-state index in [1.54, 1.807) is 11.3 Å². The van der Waals surface area contributed by atoms with Gasteiger partial charge < -0.3 is 5.32 Å². The van der Waals surface area contributed by atoms with Crippen LogP contribution in [0.25, 0.3) is 11.4 Å². The van der Waals surface area contributed by atoms with Crippen LogP contribution in [0.1, 0.15) is 23.7 Å². The van der Waals surface area contributed by atoms with Crippen LogP contribution < -0.4 is 5.32 Å². The quantitative estimate of drug-likeness (QED) is 0.761. The molecule has 5 heteroatoms. The van der Waals surface area contributed by atoms with Gasteiger partial charge in [0.1, 0.15) is 5.82 Å². The molecule has 1 atom stereocenters. The predicted molar refractivity (Wildman–Crippen MR) is 82.9 cm³/mol. The zero-order valence-electron chi connectivity index (χ0n) is 11.4. The van der Waals surface area contributed by atoms with Gasteiger partial charge in [-0.05, 0) is 37.4 Å². The van der Waals surface area contributed by atoms with Crippen LogP contribution in [0.15, 0.2) is 41.8 Å². The lowest BCUT2D eigenvalue weighted by atomic mass is 10.1. The first-order chi connectivity index (χ1) is 9.72. The molecule has 3 aromatic rings. The van der Waals surface area contributed by atoms with Crippen molar-refractivity contribution in [3.05, 3.63) is 52.5 Å². The third kappa shape index (κ3) is 2.72. The molecule has 0 saturated carbocycles. The fourth-order valence-electron chi connectivity index (χ4n) is 2.08. The van der Waals surface area contributed by atoms with Crippen molar-refractivity contribution >= 4 is 17.0 Å². The number of nitrogens with one attached hydrogen (secondary N) is 2. The first-order valence-electron chi connectivity index (χ1n) is 6.52. The van der Waals surface area contributed by atoms with Crippen LogP contribution >= 0.6 is 11.3 Å². The van der Waals surface area contributed by atoms with Crippen LogP contribution in [0.4, 0.5) is 5.69 Å². The number of hydrogen-bond acceptors (Lipinski definition) is 4. The lowest BCUT2D eigenvalue weighted by Crippen LogP contribution is -2.04. The van der Waals surface area contributed by atoms with Gasteiger partial charge in [0.25, 0.3) is 0 Å². The van der Waals surface area contributed by atoms with Crippen molar-refractivity contribution in [3.8, 4) is 11.4 Å². The van der Waals surface area contributed by atoms with Gasteiger partial charge in [-0.1, -0.05) is 18.2 Å². The van der Waals surface area contributed by atoms with Crippen molar-refractivity contribution in [3.63, 3.8) is 0 Å². The van der Waals surface area contributed by atoms with Gasteiger partial charge in [0.15, 0.2) is 5.82 Å². The van der Waals surface area contributed by atoms with E-state index in [1.807, 2.05) is 19.1 Å². The van der Waals surface area contributed by atoms with Gasteiger partial charge in [-0.25, -0.2) is 4.98 Å². The summed E-state index contributed by atoms with van der Waals surface area (Å²) in [6, 6.07) is 12.7. The van der Waals surface area contributed by atoms with Crippen molar-refractivity contribution in [1.29, 1.82) is 0 Å². The van der Waals surface area contributed by atoms with E-state index in [-0.39, 0.29) is 0 Å². The maximum atomic E-state index is 4.36. The minimum atomic E-state index is 0.291. The van der Waals surface area contributed by atoms with Gasteiger partial charge in [-0.3, -0.25) is 5.10 Å². The number of rotatable bonds is 4. The Bertz CT molecular complexity index is 687. The molecule has 1 aromatic carbocycles. The van der Waals surface area contributed by atoms with Crippen molar-refractivity contribution in [2.75, 3.05) is 5.32 Å². The summed E-state index contributed by atoms with van der Waals surface area (Å²) in [7, 11) is 0. The fourth-order valence-corrected chi connectivity index (χ4v) is 2.81. The number of aromatic nitrogens is 3. The second-order valence-electron chi connectivity index (χ2n) is 4.71. The maximum Gasteiger partial charge on any atom is 0.181 e. The second kappa shape index (κ2) is 5.46. The highest BCUT2D eigenvalue weighted by molar-refractivity contribution is 7.10. The Morgan fingerprint density at radius 3 is 2.85 bits per heavy atom. The van der Waals surface area contributed by atoms with Gasteiger partial charge in [0.2, 0.25) is 0 Å². The smallest absolute Gasteiger partial charge is 0.181 e. The van der Waals surface area contributed by atoms with Crippen LogP contribution in [0.2, 0.25) is 0 Å². The fraction of sp³-hybridized carbons (Fsp3) is 0.200. The molecule has 3 rings (SSSR count). The lowest BCUT2D eigenvalue weighted by molar-refractivity contribution is 0.908. The molecule has 102 valence electrons. The highest BCUT2D eigenvalue weighted by Crippen LogP contribution is 2.25. The van der Waals surface area contributed by atoms with E-state index < -0.39 is 0 Å². The average molecular weight is 284 g/mol. The van der Waals surface area contributed by atoms with Crippen molar-refractivity contribution in [2.45, 2.75) is 19.9 Å². The first-order valence-corrected chi connectivity index (χ1v) is 7.40. The summed E-state index contributed by atoms with van der Waals surface area (Å²) in [5, 5.41) is 12.7. The largest absolute Gasteiger partial charge is 0.378 e. The van der Waals surface area contributed by atoms with E-state index in [0.717, 1.165) is 22.9 Å². The molecule has 0 amide bonds.